The molecule has 2 aromatic rings. The highest BCUT2D eigenvalue weighted by molar-refractivity contribution is 5.31. The minimum absolute atomic E-state index is 0.189. The number of nitrogens with two attached hydrogens (primary N) is 1. The van der Waals surface area contributed by atoms with Gasteiger partial charge in [0.2, 0.25) is 0 Å². The van der Waals surface area contributed by atoms with E-state index in [1.54, 1.807) is 0 Å². The Morgan fingerprint density at radius 3 is 2.70 bits per heavy atom. The van der Waals surface area contributed by atoms with E-state index in [9.17, 15) is 0 Å². The zero-order valence-electron chi connectivity index (χ0n) is 12.4. The van der Waals surface area contributed by atoms with E-state index in [4.69, 9.17) is 5.73 Å². The lowest BCUT2D eigenvalue weighted by Gasteiger charge is -2.37. The molecule has 1 aromatic heterocycles. The molecule has 0 spiro atoms. The molecular formula is C17H23N3. The number of aromatic nitrogens is 2. The van der Waals surface area contributed by atoms with Gasteiger partial charge >= 0.3 is 0 Å². The third-order valence-corrected chi connectivity index (χ3v) is 4.70. The summed E-state index contributed by atoms with van der Waals surface area (Å²) in [5, 5.41) is 4.46. The predicted octanol–water partition coefficient (Wildman–Crippen LogP) is 2.41. The highest BCUT2D eigenvalue weighted by Gasteiger charge is 2.34. The van der Waals surface area contributed by atoms with Gasteiger partial charge in [-0.2, -0.15) is 5.10 Å². The monoisotopic (exact) mass is 269 g/mol. The Kier molecular flexibility index (Phi) is 3.38. The normalized spacial score (nSPS) is 21.8. The highest BCUT2D eigenvalue weighted by atomic mass is 15.3. The fourth-order valence-electron chi connectivity index (χ4n) is 3.48. The van der Waals surface area contributed by atoms with Crippen LogP contribution in [-0.2, 0) is 26.3 Å². The van der Waals surface area contributed by atoms with Gasteiger partial charge in [0.1, 0.15) is 0 Å². The molecule has 3 heteroatoms. The molecule has 0 aliphatic heterocycles. The van der Waals surface area contributed by atoms with Gasteiger partial charge in [0.05, 0.1) is 5.69 Å². The van der Waals surface area contributed by atoms with Crippen LogP contribution in [0.4, 0.5) is 0 Å². The van der Waals surface area contributed by atoms with Crippen LogP contribution in [0.5, 0.6) is 0 Å². The van der Waals surface area contributed by atoms with Gasteiger partial charge in [-0.15, -0.1) is 0 Å². The van der Waals surface area contributed by atoms with Crippen LogP contribution < -0.4 is 5.73 Å². The summed E-state index contributed by atoms with van der Waals surface area (Å²) in [4.78, 5) is 0. The van der Waals surface area contributed by atoms with Gasteiger partial charge in [-0.25, -0.2) is 0 Å². The molecule has 1 aliphatic rings. The Morgan fingerprint density at radius 2 is 2.05 bits per heavy atom. The standard InChI is InChI=1S/C17H23N3/c1-13-9-16(20(2)19-13)11-17(12-18)8-7-14-5-3-4-6-15(14)10-17/h3-6,9H,7-8,10-12,18H2,1-2H3. The second kappa shape index (κ2) is 5.06. The summed E-state index contributed by atoms with van der Waals surface area (Å²) >= 11 is 0. The van der Waals surface area contributed by atoms with Crippen molar-refractivity contribution in [2.45, 2.75) is 32.6 Å². The molecule has 0 saturated heterocycles. The first-order valence-electron chi connectivity index (χ1n) is 7.38. The number of hydrogen-bond donors (Lipinski definition) is 1. The van der Waals surface area contributed by atoms with Crippen LogP contribution in [0.25, 0.3) is 0 Å². The van der Waals surface area contributed by atoms with Crippen molar-refractivity contribution in [3.8, 4) is 0 Å². The Bertz CT molecular complexity index is 614. The van der Waals surface area contributed by atoms with Crippen LogP contribution in [0, 0.1) is 12.3 Å². The summed E-state index contributed by atoms with van der Waals surface area (Å²) < 4.78 is 2.01. The summed E-state index contributed by atoms with van der Waals surface area (Å²) in [6, 6.07) is 11.0. The van der Waals surface area contributed by atoms with Crippen molar-refractivity contribution in [1.82, 2.24) is 9.78 Å². The Hall–Kier alpha value is -1.61. The number of hydrogen-bond acceptors (Lipinski definition) is 2. The van der Waals surface area contributed by atoms with Crippen molar-refractivity contribution in [1.29, 1.82) is 0 Å². The number of rotatable bonds is 3. The molecular weight excluding hydrogens is 246 g/mol. The first-order valence-corrected chi connectivity index (χ1v) is 7.38. The molecule has 0 radical (unpaired) electrons. The third kappa shape index (κ3) is 2.38. The van der Waals surface area contributed by atoms with Gasteiger partial charge in [0.15, 0.2) is 0 Å². The van der Waals surface area contributed by atoms with Gasteiger partial charge in [0.25, 0.3) is 0 Å². The van der Waals surface area contributed by atoms with E-state index in [0.717, 1.165) is 31.5 Å². The number of benzene rings is 1. The Morgan fingerprint density at radius 1 is 1.30 bits per heavy atom. The summed E-state index contributed by atoms with van der Waals surface area (Å²) in [6.07, 6.45) is 4.42. The topological polar surface area (TPSA) is 43.8 Å². The quantitative estimate of drug-likeness (QED) is 0.930. The maximum absolute atomic E-state index is 6.17. The van der Waals surface area contributed by atoms with Crippen molar-refractivity contribution < 1.29 is 0 Å². The van der Waals surface area contributed by atoms with Crippen molar-refractivity contribution >= 4 is 0 Å². The van der Waals surface area contributed by atoms with Gasteiger partial charge in [-0.3, -0.25) is 4.68 Å². The summed E-state index contributed by atoms with van der Waals surface area (Å²) in [5.41, 5.74) is 11.7. The van der Waals surface area contributed by atoms with E-state index in [1.807, 2.05) is 11.7 Å². The molecule has 0 bridgehead atoms. The van der Waals surface area contributed by atoms with Crippen molar-refractivity contribution in [3.63, 3.8) is 0 Å². The lowest BCUT2D eigenvalue weighted by Crippen LogP contribution is -2.38. The van der Waals surface area contributed by atoms with E-state index in [0.29, 0.717) is 0 Å². The minimum Gasteiger partial charge on any atom is -0.330 e. The molecule has 3 nitrogen and oxygen atoms in total. The van der Waals surface area contributed by atoms with Crippen molar-refractivity contribution in [2.75, 3.05) is 6.54 Å². The van der Waals surface area contributed by atoms with Crippen LogP contribution in [0.15, 0.2) is 30.3 Å². The van der Waals surface area contributed by atoms with Gasteiger partial charge in [-0.1, -0.05) is 24.3 Å². The second-order valence-electron chi connectivity index (χ2n) is 6.23. The molecule has 0 saturated carbocycles. The number of aryl methyl sites for hydroxylation is 3. The number of nitrogens with zero attached hydrogens (tertiary/aromatic N) is 2. The van der Waals surface area contributed by atoms with Crippen LogP contribution in [0.3, 0.4) is 0 Å². The molecule has 1 atom stereocenters. The minimum atomic E-state index is 0.189. The van der Waals surface area contributed by atoms with Crippen LogP contribution in [-0.4, -0.2) is 16.3 Å². The van der Waals surface area contributed by atoms with Gasteiger partial charge < -0.3 is 5.73 Å². The summed E-state index contributed by atoms with van der Waals surface area (Å²) in [6.45, 7) is 2.79. The molecule has 1 aliphatic carbocycles. The average Bonchev–Trinajstić information content (AvgIpc) is 2.76. The second-order valence-corrected chi connectivity index (χ2v) is 6.23. The summed E-state index contributed by atoms with van der Waals surface area (Å²) in [5.74, 6) is 0. The molecule has 1 unspecified atom stereocenters. The first-order chi connectivity index (χ1) is 9.62. The first kappa shape index (κ1) is 13.4. The smallest absolute Gasteiger partial charge is 0.0596 e. The molecule has 106 valence electrons. The molecule has 1 heterocycles. The van der Waals surface area contributed by atoms with E-state index < -0.39 is 0 Å². The molecule has 3 rings (SSSR count). The van der Waals surface area contributed by atoms with Gasteiger partial charge in [0, 0.05) is 12.7 Å². The molecule has 2 N–H and O–H groups in total. The zero-order chi connectivity index (χ0) is 14.2. The zero-order valence-corrected chi connectivity index (χ0v) is 12.4. The van der Waals surface area contributed by atoms with E-state index in [1.165, 1.54) is 23.2 Å². The molecule has 0 amide bonds. The maximum atomic E-state index is 6.17. The van der Waals surface area contributed by atoms with E-state index >= 15 is 0 Å². The maximum Gasteiger partial charge on any atom is 0.0596 e. The molecule has 0 fully saturated rings. The fraction of sp³-hybridized carbons (Fsp3) is 0.471. The SMILES string of the molecule is Cc1cc(CC2(CN)CCc3ccccc3C2)n(C)n1. The lowest BCUT2D eigenvalue weighted by atomic mass is 9.69. The molecule has 1 aromatic carbocycles. The Balaban J connectivity index is 1.88. The van der Waals surface area contributed by atoms with Crippen LogP contribution >= 0.6 is 0 Å². The number of fused-ring (bicyclic) bond motifs is 1. The third-order valence-electron chi connectivity index (χ3n) is 4.70. The average molecular weight is 269 g/mol. The van der Waals surface area contributed by atoms with Crippen LogP contribution in [0.2, 0.25) is 0 Å². The predicted molar refractivity (Wildman–Crippen MR) is 81.6 cm³/mol. The van der Waals surface area contributed by atoms with Crippen molar-refractivity contribution in [3.05, 3.63) is 52.8 Å². The van der Waals surface area contributed by atoms with Crippen LogP contribution in [0.1, 0.15) is 28.9 Å². The fourth-order valence-corrected chi connectivity index (χ4v) is 3.48. The largest absolute Gasteiger partial charge is 0.330 e. The van der Waals surface area contributed by atoms with Gasteiger partial charge in [-0.05, 0) is 61.8 Å². The summed E-state index contributed by atoms with van der Waals surface area (Å²) in [7, 11) is 2.03. The van der Waals surface area contributed by atoms with E-state index in [2.05, 4.69) is 42.4 Å². The highest BCUT2D eigenvalue weighted by Crippen LogP contribution is 2.37. The van der Waals surface area contributed by atoms with Crippen molar-refractivity contribution in [2.24, 2.45) is 18.2 Å². The lowest BCUT2D eigenvalue weighted by molar-refractivity contribution is 0.248. The Labute approximate surface area is 120 Å². The molecule has 20 heavy (non-hydrogen) atoms. The van der Waals surface area contributed by atoms with E-state index in [-0.39, 0.29) is 5.41 Å².